The molecule has 3 aliphatic rings. The lowest BCUT2D eigenvalue weighted by Gasteiger charge is -2.58. The van der Waals surface area contributed by atoms with Crippen molar-refractivity contribution in [3.8, 4) is 11.5 Å². The molecule has 136 valence electrons. The van der Waals surface area contributed by atoms with Gasteiger partial charge < -0.3 is 19.5 Å². The molecule has 2 aliphatic carbocycles. The first-order valence-electron chi connectivity index (χ1n) is 9.19. The van der Waals surface area contributed by atoms with Gasteiger partial charge in [0.2, 0.25) is 0 Å². The molecule has 1 aromatic rings. The van der Waals surface area contributed by atoms with Gasteiger partial charge in [0, 0.05) is 18.0 Å². The van der Waals surface area contributed by atoms with Crippen molar-refractivity contribution in [2.75, 3.05) is 21.2 Å². The molecule has 0 spiro atoms. The van der Waals surface area contributed by atoms with Gasteiger partial charge in [-0.1, -0.05) is 19.4 Å². The van der Waals surface area contributed by atoms with Crippen LogP contribution in [0.4, 0.5) is 0 Å². The van der Waals surface area contributed by atoms with Gasteiger partial charge in [-0.2, -0.15) is 0 Å². The Morgan fingerprint density at radius 1 is 1.40 bits per heavy atom. The molecule has 0 aromatic heterocycles. The third-order valence-electron chi connectivity index (χ3n) is 6.61. The first kappa shape index (κ1) is 16.9. The van der Waals surface area contributed by atoms with Gasteiger partial charge in [0.1, 0.15) is 0 Å². The lowest BCUT2D eigenvalue weighted by Crippen LogP contribution is -2.72. The summed E-state index contributed by atoms with van der Waals surface area (Å²) in [4.78, 5) is 14.9. The van der Waals surface area contributed by atoms with Gasteiger partial charge in [0.05, 0.1) is 18.1 Å². The molecule has 25 heavy (non-hydrogen) atoms. The second kappa shape index (κ2) is 5.45. The summed E-state index contributed by atoms with van der Waals surface area (Å²) >= 11 is 0. The molecule has 1 aromatic carbocycles. The number of nitrogens with zero attached hydrogens (tertiary/aromatic N) is 1. The number of likely N-dealkylation sites (N-methyl/N-ethyl adjacent to an activating group) is 1. The molecule has 5 heteroatoms. The Hall–Kier alpha value is -1.59. The Kier molecular flexibility index (Phi) is 3.68. The normalized spacial score (nSPS) is 35.5. The van der Waals surface area contributed by atoms with E-state index in [1.807, 2.05) is 20.2 Å². The predicted octanol–water partition coefficient (Wildman–Crippen LogP) is 2.07. The maximum Gasteiger partial charge on any atom is 0.174 e. The average Bonchev–Trinajstić information content (AvgIpc) is 2.94. The molecule has 1 aliphatic heterocycles. The van der Waals surface area contributed by atoms with E-state index in [-0.39, 0.29) is 11.8 Å². The highest BCUT2D eigenvalue weighted by atomic mass is 16.5. The fraction of sp³-hybridized carbons (Fsp3) is 0.650. The summed E-state index contributed by atoms with van der Waals surface area (Å²) in [6, 6.07) is 3.97. The number of rotatable bonds is 4. The molecule has 1 N–H and O–H groups in total. The second-order valence-electron chi connectivity index (χ2n) is 7.92. The first-order chi connectivity index (χ1) is 11.9. The van der Waals surface area contributed by atoms with Gasteiger partial charge in [0.15, 0.2) is 23.4 Å². The van der Waals surface area contributed by atoms with Gasteiger partial charge in [0.25, 0.3) is 0 Å². The molecule has 5 nitrogen and oxygen atoms in total. The van der Waals surface area contributed by atoms with Crippen LogP contribution < -0.4 is 9.47 Å². The summed E-state index contributed by atoms with van der Waals surface area (Å²) in [6.07, 6.45) is 2.61. The van der Waals surface area contributed by atoms with Gasteiger partial charge in [-0.25, -0.2) is 0 Å². The number of ketones is 1. The van der Waals surface area contributed by atoms with Crippen LogP contribution in [0, 0.1) is 0 Å². The van der Waals surface area contributed by atoms with E-state index in [0.717, 1.165) is 24.8 Å². The third kappa shape index (κ3) is 1.88. The van der Waals surface area contributed by atoms with Crippen LogP contribution >= 0.6 is 0 Å². The fourth-order valence-corrected chi connectivity index (χ4v) is 5.66. The predicted molar refractivity (Wildman–Crippen MR) is 94.4 cm³/mol. The number of ether oxygens (including phenoxy) is 2. The average molecular weight is 345 g/mol. The SMILES string of the molecule is CCC[C@@]12c3c4ccc(OC)c3OC1C(=O)CCC2(O)C(N(C)C)C4. The van der Waals surface area contributed by atoms with E-state index in [4.69, 9.17) is 9.47 Å². The molecule has 1 fully saturated rings. The van der Waals surface area contributed by atoms with E-state index in [9.17, 15) is 9.90 Å². The van der Waals surface area contributed by atoms with E-state index in [2.05, 4.69) is 17.9 Å². The Bertz CT molecular complexity index is 731. The van der Waals surface area contributed by atoms with E-state index in [1.54, 1.807) is 7.11 Å². The Morgan fingerprint density at radius 2 is 2.16 bits per heavy atom. The van der Waals surface area contributed by atoms with Gasteiger partial charge in [-0.15, -0.1) is 0 Å². The zero-order chi connectivity index (χ0) is 18.0. The van der Waals surface area contributed by atoms with Gasteiger partial charge >= 0.3 is 0 Å². The number of carbonyl (C=O) groups is 1. The van der Waals surface area contributed by atoms with Crippen LogP contribution in [0.25, 0.3) is 0 Å². The molecular weight excluding hydrogens is 318 g/mol. The molecule has 3 unspecified atom stereocenters. The van der Waals surface area contributed by atoms with E-state index >= 15 is 0 Å². The zero-order valence-corrected chi connectivity index (χ0v) is 15.5. The highest BCUT2D eigenvalue weighted by Crippen LogP contribution is 2.63. The Morgan fingerprint density at radius 3 is 2.80 bits per heavy atom. The number of carbonyl (C=O) groups excluding carboxylic acids is 1. The fourth-order valence-electron chi connectivity index (χ4n) is 5.66. The van der Waals surface area contributed by atoms with E-state index < -0.39 is 17.1 Å². The molecule has 0 radical (unpaired) electrons. The third-order valence-corrected chi connectivity index (χ3v) is 6.61. The minimum Gasteiger partial charge on any atom is -0.493 e. The molecule has 1 heterocycles. The molecule has 4 atom stereocenters. The van der Waals surface area contributed by atoms with Gasteiger partial charge in [-0.05, 0) is 45.0 Å². The van der Waals surface area contributed by atoms with Crippen LogP contribution in [0.2, 0.25) is 0 Å². The van der Waals surface area contributed by atoms with Crippen molar-refractivity contribution >= 4 is 5.78 Å². The van der Waals surface area contributed by atoms with Crippen molar-refractivity contribution < 1.29 is 19.4 Å². The van der Waals surface area contributed by atoms with Crippen LogP contribution in [-0.2, 0) is 16.6 Å². The summed E-state index contributed by atoms with van der Waals surface area (Å²) in [5.41, 5.74) is 0.538. The standard InChI is InChI=1S/C20H27NO4/c1-5-9-19-16-12-6-7-14(24-4)17(16)25-18(19)13(22)8-10-20(19,23)15(11-12)21(2)3/h6-7,15,18,23H,5,8-11H2,1-4H3/t15?,18?,19-,20?/m1/s1. The topological polar surface area (TPSA) is 59.0 Å². The van der Waals surface area contributed by atoms with Crippen molar-refractivity contribution in [1.29, 1.82) is 0 Å². The number of Topliss-reactive ketones (excluding diaryl/α,β-unsaturated/α-hetero) is 1. The summed E-state index contributed by atoms with van der Waals surface area (Å²) in [6.45, 7) is 2.11. The van der Waals surface area contributed by atoms with Crippen molar-refractivity contribution in [3.63, 3.8) is 0 Å². The first-order valence-corrected chi connectivity index (χ1v) is 9.19. The highest BCUT2D eigenvalue weighted by molar-refractivity contribution is 5.89. The van der Waals surface area contributed by atoms with Crippen LogP contribution in [0.3, 0.4) is 0 Å². The van der Waals surface area contributed by atoms with Gasteiger partial charge in [-0.3, -0.25) is 4.79 Å². The maximum atomic E-state index is 12.8. The minimum atomic E-state index is -0.976. The summed E-state index contributed by atoms with van der Waals surface area (Å²) in [5.74, 6) is 1.42. The summed E-state index contributed by atoms with van der Waals surface area (Å²) in [7, 11) is 5.65. The van der Waals surface area contributed by atoms with E-state index in [1.165, 1.54) is 5.56 Å². The molecular formula is C20H27NO4. The van der Waals surface area contributed by atoms with Crippen molar-refractivity contribution in [3.05, 3.63) is 23.3 Å². The Balaban J connectivity index is 2.05. The largest absolute Gasteiger partial charge is 0.493 e. The lowest BCUT2D eigenvalue weighted by atomic mass is 9.50. The molecule has 0 saturated heterocycles. The number of methoxy groups -OCH3 is 1. The number of hydrogen-bond donors (Lipinski definition) is 1. The minimum absolute atomic E-state index is 0.0369. The number of hydrogen-bond acceptors (Lipinski definition) is 5. The maximum absolute atomic E-state index is 12.8. The molecule has 4 rings (SSSR count). The molecule has 0 amide bonds. The quantitative estimate of drug-likeness (QED) is 0.905. The Labute approximate surface area is 148 Å². The molecule has 1 saturated carbocycles. The van der Waals surface area contributed by atoms with Crippen LogP contribution in [0.1, 0.15) is 43.7 Å². The van der Waals surface area contributed by atoms with Crippen molar-refractivity contribution in [1.82, 2.24) is 4.90 Å². The number of aliphatic hydroxyl groups is 1. The van der Waals surface area contributed by atoms with Crippen LogP contribution in [-0.4, -0.2) is 54.7 Å². The highest BCUT2D eigenvalue weighted by Gasteiger charge is 2.70. The monoisotopic (exact) mass is 345 g/mol. The van der Waals surface area contributed by atoms with E-state index in [0.29, 0.717) is 24.3 Å². The smallest absolute Gasteiger partial charge is 0.174 e. The summed E-state index contributed by atoms with van der Waals surface area (Å²) < 4.78 is 11.7. The summed E-state index contributed by atoms with van der Waals surface area (Å²) in [5, 5.41) is 12.0. The zero-order valence-electron chi connectivity index (χ0n) is 15.5. The van der Waals surface area contributed by atoms with Crippen LogP contribution in [0.15, 0.2) is 12.1 Å². The van der Waals surface area contributed by atoms with Crippen molar-refractivity contribution in [2.45, 2.75) is 62.2 Å². The lowest BCUT2D eigenvalue weighted by molar-refractivity contribution is -0.168. The van der Waals surface area contributed by atoms with Crippen molar-refractivity contribution in [2.24, 2.45) is 0 Å². The number of benzene rings is 1. The second-order valence-corrected chi connectivity index (χ2v) is 7.92. The van der Waals surface area contributed by atoms with Crippen LogP contribution in [0.5, 0.6) is 11.5 Å². The molecule has 0 bridgehead atoms.